The molecule has 0 saturated carbocycles. The molecule has 0 aliphatic carbocycles. The van der Waals surface area contributed by atoms with Crippen molar-refractivity contribution in [3.8, 4) is 0 Å². The molecular weight excluding hydrogens is 260 g/mol. The van der Waals surface area contributed by atoms with E-state index >= 15 is 0 Å². The Morgan fingerprint density at radius 2 is 2.20 bits per heavy atom. The molecule has 0 radical (unpaired) electrons. The minimum atomic E-state index is -0.786. The number of hydrogen-bond donors (Lipinski definition) is 1. The lowest BCUT2D eigenvalue weighted by Gasteiger charge is -2.24. The molecule has 1 aromatic rings. The molecule has 1 N–H and O–H groups in total. The molecule has 1 heterocycles. The molecule has 20 heavy (non-hydrogen) atoms. The van der Waals surface area contributed by atoms with E-state index in [9.17, 15) is 8.78 Å². The molecule has 110 valence electrons. The highest BCUT2D eigenvalue weighted by Crippen LogP contribution is 2.21. The lowest BCUT2D eigenvalue weighted by molar-refractivity contribution is 0.219. The van der Waals surface area contributed by atoms with Crippen LogP contribution in [0.3, 0.4) is 0 Å². The maximum absolute atomic E-state index is 13.8. The smallest absolute Gasteiger partial charge is 0.162 e. The third-order valence-corrected chi connectivity index (χ3v) is 3.51. The quantitative estimate of drug-likeness (QED) is 0.860. The van der Waals surface area contributed by atoms with Crippen LogP contribution in [0.25, 0.3) is 0 Å². The van der Waals surface area contributed by atoms with Crippen molar-refractivity contribution >= 4 is 0 Å². The van der Waals surface area contributed by atoms with Gasteiger partial charge in [0.05, 0.1) is 12.9 Å². The summed E-state index contributed by atoms with van der Waals surface area (Å²) >= 11 is 0. The molecule has 1 aliphatic heterocycles. The first-order valence-electron chi connectivity index (χ1n) is 7.19. The molecule has 4 heteroatoms. The Bertz CT molecular complexity index is 474. The number of halogens is 2. The van der Waals surface area contributed by atoms with Crippen molar-refractivity contribution in [3.63, 3.8) is 0 Å². The number of ether oxygens (including phenoxy) is 1. The zero-order valence-corrected chi connectivity index (χ0v) is 11.8. The number of rotatable bonds is 6. The molecule has 2 nitrogen and oxygen atoms in total. The van der Waals surface area contributed by atoms with Crippen LogP contribution in [0.5, 0.6) is 0 Å². The van der Waals surface area contributed by atoms with E-state index in [1.54, 1.807) is 18.4 Å². The van der Waals surface area contributed by atoms with Crippen LogP contribution in [0.15, 0.2) is 30.0 Å². The normalized spacial score (nSPS) is 16.4. The van der Waals surface area contributed by atoms with Crippen LogP contribution in [0, 0.1) is 11.6 Å². The molecule has 0 bridgehead atoms. The van der Waals surface area contributed by atoms with Gasteiger partial charge in [0.1, 0.15) is 0 Å². The summed E-state index contributed by atoms with van der Waals surface area (Å²) < 4.78 is 32.5. The van der Waals surface area contributed by atoms with Gasteiger partial charge in [0, 0.05) is 6.04 Å². The predicted molar refractivity (Wildman–Crippen MR) is 75.4 cm³/mol. The topological polar surface area (TPSA) is 21.3 Å². The summed E-state index contributed by atoms with van der Waals surface area (Å²) in [4.78, 5) is 0. The predicted octanol–water partition coefficient (Wildman–Crippen LogP) is 3.57. The average Bonchev–Trinajstić information content (AvgIpc) is 2.48. The van der Waals surface area contributed by atoms with Gasteiger partial charge < -0.3 is 10.1 Å². The summed E-state index contributed by atoms with van der Waals surface area (Å²) in [6.07, 6.45) is 5.13. The molecule has 0 spiro atoms. The van der Waals surface area contributed by atoms with E-state index in [1.807, 2.05) is 0 Å². The first-order valence-corrected chi connectivity index (χ1v) is 7.19. The van der Waals surface area contributed by atoms with Crippen molar-refractivity contribution in [2.24, 2.45) is 0 Å². The Morgan fingerprint density at radius 3 is 2.90 bits per heavy atom. The van der Waals surface area contributed by atoms with E-state index < -0.39 is 11.6 Å². The SMILES string of the molecule is CCCNC(Cc1cccc(F)c1F)C1=COCCC1. The van der Waals surface area contributed by atoms with Gasteiger partial charge in [0.2, 0.25) is 0 Å². The highest BCUT2D eigenvalue weighted by Gasteiger charge is 2.19. The fourth-order valence-corrected chi connectivity index (χ4v) is 2.42. The minimum Gasteiger partial charge on any atom is -0.501 e. The molecule has 1 atom stereocenters. The van der Waals surface area contributed by atoms with Crippen LogP contribution >= 0.6 is 0 Å². The summed E-state index contributed by atoms with van der Waals surface area (Å²) in [5.74, 6) is -1.53. The minimum absolute atomic E-state index is 0.00606. The summed E-state index contributed by atoms with van der Waals surface area (Å²) in [6.45, 7) is 3.66. The number of hydrogen-bond acceptors (Lipinski definition) is 2. The molecule has 0 amide bonds. The van der Waals surface area contributed by atoms with Gasteiger partial charge in [-0.15, -0.1) is 0 Å². The monoisotopic (exact) mass is 281 g/mol. The van der Waals surface area contributed by atoms with Crippen molar-refractivity contribution < 1.29 is 13.5 Å². The Balaban J connectivity index is 2.14. The lowest BCUT2D eigenvalue weighted by atomic mass is 9.95. The molecule has 1 unspecified atom stereocenters. The van der Waals surface area contributed by atoms with Gasteiger partial charge in [-0.1, -0.05) is 19.1 Å². The van der Waals surface area contributed by atoms with Gasteiger partial charge in [-0.25, -0.2) is 8.78 Å². The van der Waals surface area contributed by atoms with E-state index in [1.165, 1.54) is 0 Å². The summed E-state index contributed by atoms with van der Waals surface area (Å²) in [5.41, 5.74) is 1.54. The van der Waals surface area contributed by atoms with E-state index in [-0.39, 0.29) is 6.04 Å². The summed E-state index contributed by atoms with van der Waals surface area (Å²) in [5, 5.41) is 3.40. The van der Waals surface area contributed by atoms with Crippen LogP contribution in [0.2, 0.25) is 0 Å². The van der Waals surface area contributed by atoms with Crippen molar-refractivity contribution in [1.29, 1.82) is 0 Å². The maximum atomic E-state index is 13.8. The molecule has 0 fully saturated rings. The fourth-order valence-electron chi connectivity index (χ4n) is 2.42. The fraction of sp³-hybridized carbons (Fsp3) is 0.500. The molecule has 0 aromatic heterocycles. The Labute approximate surface area is 118 Å². The molecular formula is C16H21F2NO. The molecule has 2 rings (SSSR count). The van der Waals surface area contributed by atoms with Gasteiger partial charge >= 0.3 is 0 Å². The van der Waals surface area contributed by atoms with Gasteiger partial charge in [-0.2, -0.15) is 0 Å². The molecule has 1 aliphatic rings. The van der Waals surface area contributed by atoms with Crippen molar-refractivity contribution in [2.75, 3.05) is 13.2 Å². The van der Waals surface area contributed by atoms with Crippen molar-refractivity contribution in [2.45, 2.75) is 38.6 Å². The Hall–Kier alpha value is -1.42. The van der Waals surface area contributed by atoms with E-state index in [0.717, 1.165) is 44.1 Å². The first kappa shape index (κ1) is 15.0. The van der Waals surface area contributed by atoms with Gasteiger partial charge in [-0.05, 0) is 49.4 Å². The van der Waals surface area contributed by atoms with Gasteiger partial charge in [-0.3, -0.25) is 0 Å². The number of nitrogens with one attached hydrogen (secondary N) is 1. The Morgan fingerprint density at radius 1 is 1.35 bits per heavy atom. The van der Waals surface area contributed by atoms with Crippen LogP contribution in [-0.4, -0.2) is 19.2 Å². The summed E-state index contributed by atoms with van der Waals surface area (Å²) in [7, 11) is 0. The number of benzene rings is 1. The second-order valence-electron chi connectivity index (χ2n) is 5.09. The van der Waals surface area contributed by atoms with E-state index in [4.69, 9.17) is 4.74 Å². The van der Waals surface area contributed by atoms with Crippen molar-refractivity contribution in [1.82, 2.24) is 5.32 Å². The maximum Gasteiger partial charge on any atom is 0.162 e. The zero-order chi connectivity index (χ0) is 14.4. The molecule has 0 saturated heterocycles. The standard InChI is InChI=1S/C16H21F2NO/c1-2-8-19-15(13-6-4-9-20-11-13)10-12-5-3-7-14(17)16(12)18/h3,5,7,11,15,19H,2,4,6,8-10H2,1H3. The first-order chi connectivity index (χ1) is 9.72. The van der Waals surface area contributed by atoms with E-state index in [2.05, 4.69) is 12.2 Å². The summed E-state index contributed by atoms with van der Waals surface area (Å²) in [6, 6.07) is 4.35. The van der Waals surface area contributed by atoms with Crippen LogP contribution in [0.4, 0.5) is 8.78 Å². The Kier molecular flexibility index (Phi) is 5.53. The second kappa shape index (κ2) is 7.39. The zero-order valence-electron chi connectivity index (χ0n) is 11.8. The average molecular weight is 281 g/mol. The lowest BCUT2D eigenvalue weighted by Crippen LogP contribution is -2.35. The van der Waals surface area contributed by atoms with Gasteiger partial charge in [0.15, 0.2) is 11.6 Å². The third-order valence-electron chi connectivity index (χ3n) is 3.51. The largest absolute Gasteiger partial charge is 0.501 e. The highest BCUT2D eigenvalue weighted by molar-refractivity contribution is 5.23. The van der Waals surface area contributed by atoms with Gasteiger partial charge in [0.25, 0.3) is 0 Å². The van der Waals surface area contributed by atoms with E-state index in [0.29, 0.717) is 12.0 Å². The molecule has 1 aromatic carbocycles. The second-order valence-corrected chi connectivity index (χ2v) is 5.09. The van der Waals surface area contributed by atoms with Crippen LogP contribution < -0.4 is 5.32 Å². The third kappa shape index (κ3) is 3.79. The van der Waals surface area contributed by atoms with Crippen LogP contribution in [-0.2, 0) is 11.2 Å². The van der Waals surface area contributed by atoms with Crippen LogP contribution in [0.1, 0.15) is 31.7 Å². The van der Waals surface area contributed by atoms with Crippen molar-refractivity contribution in [3.05, 3.63) is 47.2 Å². The highest BCUT2D eigenvalue weighted by atomic mass is 19.2.